The third kappa shape index (κ3) is 5.36. The molecule has 0 radical (unpaired) electrons. The van der Waals surface area contributed by atoms with Gasteiger partial charge in [0.25, 0.3) is 0 Å². The molecule has 0 fully saturated rings. The number of aromatic nitrogens is 1. The zero-order valence-electron chi connectivity index (χ0n) is 16.8. The second-order valence-electron chi connectivity index (χ2n) is 6.19. The number of para-hydroxylation sites is 1. The van der Waals surface area contributed by atoms with Crippen LogP contribution in [0, 0.1) is 12.7 Å². The van der Waals surface area contributed by atoms with Crippen molar-refractivity contribution in [3.63, 3.8) is 0 Å². The first-order valence-electron chi connectivity index (χ1n) is 9.03. The third-order valence-electron chi connectivity index (χ3n) is 4.11. The van der Waals surface area contributed by atoms with Gasteiger partial charge in [-0.25, -0.2) is 9.37 Å². The molecule has 1 amide bonds. The van der Waals surface area contributed by atoms with Gasteiger partial charge in [0.1, 0.15) is 12.4 Å². The predicted molar refractivity (Wildman–Crippen MR) is 115 cm³/mol. The Kier molecular flexibility index (Phi) is 7.03. The lowest BCUT2D eigenvalue weighted by atomic mass is 10.2. The molecule has 6 nitrogen and oxygen atoms in total. The quantitative estimate of drug-likeness (QED) is 0.520. The molecule has 0 atom stereocenters. The summed E-state index contributed by atoms with van der Waals surface area (Å²) in [6.45, 7) is 2.27. The number of hydrogen-bond acceptors (Lipinski definition) is 6. The van der Waals surface area contributed by atoms with Crippen LogP contribution in [0.2, 0.25) is 0 Å². The molecule has 8 heteroatoms. The average molecular weight is 428 g/mol. The Morgan fingerprint density at radius 3 is 2.60 bits per heavy atom. The molecule has 156 valence electrons. The van der Waals surface area contributed by atoms with Crippen LogP contribution in [0.3, 0.4) is 0 Å². The Hall–Kier alpha value is -3.39. The Morgan fingerprint density at radius 2 is 1.90 bits per heavy atom. The number of thiazole rings is 1. The van der Waals surface area contributed by atoms with Crippen molar-refractivity contribution in [2.45, 2.75) is 13.5 Å². The van der Waals surface area contributed by atoms with Crippen molar-refractivity contribution < 1.29 is 23.4 Å². The maximum atomic E-state index is 14.2. The van der Waals surface area contributed by atoms with Gasteiger partial charge in [-0.05, 0) is 19.1 Å². The zero-order valence-corrected chi connectivity index (χ0v) is 17.6. The molecule has 2 aromatic carbocycles. The van der Waals surface area contributed by atoms with Crippen LogP contribution in [0.5, 0.6) is 17.2 Å². The van der Waals surface area contributed by atoms with Crippen molar-refractivity contribution in [3.8, 4) is 17.2 Å². The summed E-state index contributed by atoms with van der Waals surface area (Å²) in [7, 11) is 2.85. The Bertz CT molecular complexity index is 1070. The van der Waals surface area contributed by atoms with E-state index in [4.69, 9.17) is 14.2 Å². The largest absolute Gasteiger partial charge is 0.493 e. The maximum Gasteiger partial charge on any atom is 0.248 e. The van der Waals surface area contributed by atoms with Gasteiger partial charge in [-0.2, -0.15) is 0 Å². The molecule has 0 aliphatic heterocycles. The highest BCUT2D eigenvalue weighted by Crippen LogP contribution is 2.32. The molecule has 0 saturated heterocycles. The third-order valence-corrected chi connectivity index (χ3v) is 4.93. The summed E-state index contributed by atoms with van der Waals surface area (Å²) in [6, 6.07) is 9.84. The first-order valence-corrected chi connectivity index (χ1v) is 9.91. The van der Waals surface area contributed by atoms with Crippen molar-refractivity contribution in [2.24, 2.45) is 0 Å². The number of aryl methyl sites for hydroxylation is 1. The van der Waals surface area contributed by atoms with E-state index in [-0.39, 0.29) is 11.4 Å². The molecule has 0 bridgehead atoms. The van der Waals surface area contributed by atoms with Gasteiger partial charge in [-0.1, -0.05) is 18.2 Å². The van der Waals surface area contributed by atoms with Gasteiger partial charge in [-0.3, -0.25) is 4.79 Å². The number of methoxy groups -OCH3 is 2. The lowest BCUT2D eigenvalue weighted by molar-refractivity contribution is -0.111. The van der Waals surface area contributed by atoms with Crippen LogP contribution in [-0.4, -0.2) is 25.1 Å². The van der Waals surface area contributed by atoms with Crippen LogP contribution in [0.25, 0.3) is 6.08 Å². The minimum atomic E-state index is -0.628. The van der Waals surface area contributed by atoms with E-state index in [2.05, 4.69) is 10.3 Å². The summed E-state index contributed by atoms with van der Waals surface area (Å²) in [5, 5.41) is 5.42. The van der Waals surface area contributed by atoms with E-state index in [1.807, 2.05) is 36.6 Å². The Labute approximate surface area is 177 Å². The SMILES string of the molecule is COc1cc(F)c(NC(=O)C=Cc2ccccc2OCc2csc(C)n2)cc1OC. The molecule has 0 unspecified atom stereocenters. The van der Waals surface area contributed by atoms with E-state index in [0.717, 1.165) is 16.8 Å². The number of hydrogen-bond donors (Lipinski definition) is 1. The normalized spacial score (nSPS) is 10.8. The van der Waals surface area contributed by atoms with Gasteiger partial charge in [0, 0.05) is 29.2 Å². The van der Waals surface area contributed by atoms with Gasteiger partial charge >= 0.3 is 0 Å². The fourth-order valence-electron chi connectivity index (χ4n) is 2.67. The number of carbonyl (C=O) groups excluding carboxylic acids is 1. The van der Waals surface area contributed by atoms with Crippen LogP contribution >= 0.6 is 11.3 Å². The number of rotatable bonds is 8. The van der Waals surface area contributed by atoms with E-state index < -0.39 is 11.7 Å². The molecule has 3 rings (SSSR count). The molecule has 3 aromatic rings. The predicted octanol–water partition coefficient (Wildman–Crippen LogP) is 4.84. The molecular weight excluding hydrogens is 407 g/mol. The lowest BCUT2D eigenvalue weighted by Crippen LogP contribution is -2.10. The number of amides is 1. The van der Waals surface area contributed by atoms with Crippen molar-refractivity contribution >= 4 is 29.0 Å². The van der Waals surface area contributed by atoms with Gasteiger partial charge in [-0.15, -0.1) is 11.3 Å². The highest BCUT2D eigenvalue weighted by Gasteiger charge is 2.12. The van der Waals surface area contributed by atoms with Crippen molar-refractivity contribution in [2.75, 3.05) is 19.5 Å². The fraction of sp³-hybridized carbons (Fsp3) is 0.182. The molecule has 0 aliphatic rings. The highest BCUT2D eigenvalue weighted by atomic mass is 32.1. The van der Waals surface area contributed by atoms with Gasteiger partial charge in [0.05, 0.1) is 30.6 Å². The Morgan fingerprint density at radius 1 is 1.17 bits per heavy atom. The number of carbonyl (C=O) groups is 1. The van der Waals surface area contributed by atoms with E-state index in [1.165, 1.54) is 26.4 Å². The van der Waals surface area contributed by atoms with Gasteiger partial charge < -0.3 is 19.5 Å². The minimum Gasteiger partial charge on any atom is -0.493 e. The van der Waals surface area contributed by atoms with Crippen molar-refractivity contribution in [3.05, 3.63) is 69.9 Å². The smallest absolute Gasteiger partial charge is 0.248 e. The first-order chi connectivity index (χ1) is 14.5. The highest BCUT2D eigenvalue weighted by molar-refractivity contribution is 7.09. The van der Waals surface area contributed by atoms with Crippen LogP contribution in [-0.2, 0) is 11.4 Å². The van der Waals surface area contributed by atoms with Crippen molar-refractivity contribution in [1.29, 1.82) is 0 Å². The summed E-state index contributed by atoms with van der Waals surface area (Å²) in [6.07, 6.45) is 2.92. The standard InChI is InChI=1S/C22H21FN2O4S/c1-14-24-16(13-30-14)12-29-19-7-5-4-6-15(19)8-9-22(26)25-18-11-21(28-3)20(27-2)10-17(18)23/h4-11,13H,12H2,1-3H3,(H,25,26). The van der Waals surface area contributed by atoms with E-state index >= 15 is 0 Å². The molecular formula is C22H21FN2O4S. The number of nitrogens with zero attached hydrogens (tertiary/aromatic N) is 1. The van der Waals surface area contributed by atoms with Crippen LogP contribution in [0.15, 0.2) is 47.9 Å². The van der Waals surface area contributed by atoms with Gasteiger partial charge in [0.2, 0.25) is 5.91 Å². The molecule has 0 saturated carbocycles. The molecule has 30 heavy (non-hydrogen) atoms. The molecule has 1 N–H and O–H groups in total. The average Bonchev–Trinajstić information content (AvgIpc) is 3.17. The molecule has 0 aliphatic carbocycles. The fourth-order valence-corrected chi connectivity index (χ4v) is 3.26. The monoisotopic (exact) mass is 428 g/mol. The number of halogens is 1. The molecule has 1 aromatic heterocycles. The minimum absolute atomic E-state index is 0.00858. The maximum absolute atomic E-state index is 14.2. The summed E-state index contributed by atoms with van der Waals surface area (Å²) < 4.78 is 30.2. The molecule has 1 heterocycles. The lowest BCUT2D eigenvalue weighted by Gasteiger charge is -2.11. The van der Waals surface area contributed by atoms with E-state index in [9.17, 15) is 9.18 Å². The summed E-state index contributed by atoms with van der Waals surface area (Å²) >= 11 is 1.56. The van der Waals surface area contributed by atoms with Crippen LogP contribution < -0.4 is 19.5 Å². The van der Waals surface area contributed by atoms with E-state index in [1.54, 1.807) is 17.4 Å². The topological polar surface area (TPSA) is 69.7 Å². The number of anilines is 1. The van der Waals surface area contributed by atoms with Crippen molar-refractivity contribution in [1.82, 2.24) is 4.98 Å². The van der Waals surface area contributed by atoms with Crippen LogP contribution in [0.4, 0.5) is 10.1 Å². The summed E-state index contributed by atoms with van der Waals surface area (Å²) in [5.74, 6) is 0.0476. The first kappa shape index (κ1) is 21.3. The number of nitrogens with one attached hydrogen (secondary N) is 1. The second-order valence-corrected chi connectivity index (χ2v) is 7.26. The van der Waals surface area contributed by atoms with Gasteiger partial charge in [0.15, 0.2) is 17.3 Å². The van der Waals surface area contributed by atoms with E-state index in [0.29, 0.717) is 23.7 Å². The number of ether oxygens (including phenoxy) is 3. The summed E-state index contributed by atoms with van der Waals surface area (Å²) in [4.78, 5) is 16.7. The number of benzene rings is 2. The summed E-state index contributed by atoms with van der Waals surface area (Å²) in [5.41, 5.74) is 1.55. The zero-order chi connectivity index (χ0) is 21.5. The van der Waals surface area contributed by atoms with Crippen LogP contribution in [0.1, 0.15) is 16.3 Å². The second kappa shape index (κ2) is 9.89. The Balaban J connectivity index is 1.69. The molecule has 0 spiro atoms.